The third-order valence-electron chi connectivity index (χ3n) is 3.69. The zero-order valence-corrected chi connectivity index (χ0v) is 13.3. The minimum Gasteiger partial charge on any atom is -0.490 e. The molecule has 3 aromatic carbocycles. The first-order valence-corrected chi connectivity index (χ1v) is 7.66. The molecular formula is C19H15NO5. The summed E-state index contributed by atoms with van der Waals surface area (Å²) in [6, 6.07) is 17.2. The van der Waals surface area contributed by atoms with Gasteiger partial charge in [0.15, 0.2) is 6.29 Å². The van der Waals surface area contributed by atoms with Crippen molar-refractivity contribution >= 4 is 22.7 Å². The molecule has 126 valence electrons. The third kappa shape index (κ3) is 3.74. The minimum atomic E-state index is -0.477. The first-order valence-electron chi connectivity index (χ1n) is 7.66. The SMILES string of the molecule is O=Cc1c(OCCOc2cccc([N+](=O)[O-])c2)ccc2ccccc12. The van der Waals surface area contributed by atoms with Gasteiger partial charge in [0.1, 0.15) is 24.7 Å². The summed E-state index contributed by atoms with van der Waals surface area (Å²) in [5.41, 5.74) is 0.463. The van der Waals surface area contributed by atoms with Gasteiger partial charge in [0.2, 0.25) is 0 Å². The summed E-state index contributed by atoms with van der Waals surface area (Å²) in [6.45, 7) is 0.411. The molecule has 25 heavy (non-hydrogen) atoms. The van der Waals surface area contributed by atoms with Crippen LogP contribution in [0.2, 0.25) is 0 Å². The van der Waals surface area contributed by atoms with Crippen LogP contribution in [0.5, 0.6) is 11.5 Å². The maximum absolute atomic E-state index is 11.4. The molecule has 0 bridgehead atoms. The van der Waals surface area contributed by atoms with Gasteiger partial charge in [0.05, 0.1) is 16.6 Å². The van der Waals surface area contributed by atoms with E-state index < -0.39 is 4.92 Å². The summed E-state index contributed by atoms with van der Waals surface area (Å²) >= 11 is 0. The molecule has 3 aromatic rings. The van der Waals surface area contributed by atoms with E-state index in [0.29, 0.717) is 17.1 Å². The second-order valence-corrected chi connectivity index (χ2v) is 5.27. The van der Waals surface area contributed by atoms with Crippen LogP contribution in [-0.2, 0) is 0 Å². The molecule has 0 amide bonds. The number of hydrogen-bond donors (Lipinski definition) is 0. The molecule has 0 aliphatic heterocycles. The van der Waals surface area contributed by atoms with Gasteiger partial charge in [-0.15, -0.1) is 0 Å². The standard InChI is InChI=1S/C19H15NO5/c21-13-18-17-7-2-1-4-14(17)8-9-19(18)25-11-10-24-16-6-3-5-15(12-16)20(22)23/h1-9,12-13H,10-11H2. The summed E-state index contributed by atoms with van der Waals surface area (Å²) in [4.78, 5) is 21.7. The quantitative estimate of drug-likeness (QED) is 0.282. The molecule has 0 atom stereocenters. The zero-order valence-electron chi connectivity index (χ0n) is 13.3. The first-order chi connectivity index (χ1) is 12.2. The molecule has 0 spiro atoms. The normalized spacial score (nSPS) is 10.4. The number of rotatable bonds is 7. The lowest BCUT2D eigenvalue weighted by Crippen LogP contribution is -2.10. The van der Waals surface area contributed by atoms with Gasteiger partial charge in [-0.1, -0.05) is 36.4 Å². The number of benzene rings is 3. The average Bonchev–Trinajstić information content (AvgIpc) is 2.65. The molecule has 0 N–H and O–H groups in total. The number of aldehydes is 1. The maximum Gasteiger partial charge on any atom is 0.273 e. The van der Waals surface area contributed by atoms with Crippen molar-refractivity contribution in [3.05, 3.63) is 76.3 Å². The van der Waals surface area contributed by atoms with Crippen molar-refractivity contribution in [2.75, 3.05) is 13.2 Å². The Labute approximate surface area is 143 Å². The van der Waals surface area contributed by atoms with Gasteiger partial charge in [-0.05, 0) is 22.9 Å². The lowest BCUT2D eigenvalue weighted by molar-refractivity contribution is -0.384. The fourth-order valence-corrected chi connectivity index (χ4v) is 2.52. The van der Waals surface area contributed by atoms with E-state index in [1.807, 2.05) is 30.3 Å². The van der Waals surface area contributed by atoms with E-state index in [1.165, 1.54) is 12.1 Å². The molecule has 0 heterocycles. The number of hydrogen-bond acceptors (Lipinski definition) is 5. The van der Waals surface area contributed by atoms with Gasteiger partial charge in [-0.3, -0.25) is 14.9 Å². The Morgan fingerprint density at radius 3 is 2.56 bits per heavy atom. The molecule has 0 aliphatic rings. The predicted octanol–water partition coefficient (Wildman–Crippen LogP) is 4.02. The molecule has 6 nitrogen and oxygen atoms in total. The fourth-order valence-electron chi connectivity index (χ4n) is 2.52. The van der Waals surface area contributed by atoms with Crippen LogP contribution in [0.3, 0.4) is 0 Å². The Kier molecular flexibility index (Phi) is 4.89. The molecule has 0 unspecified atom stereocenters. The maximum atomic E-state index is 11.4. The van der Waals surface area contributed by atoms with Gasteiger partial charge >= 0.3 is 0 Å². The largest absolute Gasteiger partial charge is 0.490 e. The zero-order chi connectivity index (χ0) is 17.6. The second kappa shape index (κ2) is 7.44. The van der Waals surface area contributed by atoms with Gasteiger partial charge in [-0.2, -0.15) is 0 Å². The van der Waals surface area contributed by atoms with E-state index in [0.717, 1.165) is 17.1 Å². The van der Waals surface area contributed by atoms with Crippen LogP contribution >= 0.6 is 0 Å². The second-order valence-electron chi connectivity index (χ2n) is 5.27. The highest BCUT2D eigenvalue weighted by Gasteiger charge is 2.09. The average molecular weight is 337 g/mol. The van der Waals surface area contributed by atoms with Gasteiger partial charge in [0, 0.05) is 6.07 Å². The first kappa shape index (κ1) is 16.4. The highest BCUT2D eigenvalue weighted by molar-refractivity contribution is 6.00. The van der Waals surface area contributed by atoms with E-state index >= 15 is 0 Å². The molecule has 3 rings (SSSR count). The Hall–Kier alpha value is -3.41. The van der Waals surface area contributed by atoms with Gasteiger partial charge < -0.3 is 9.47 Å². The van der Waals surface area contributed by atoms with Crippen LogP contribution < -0.4 is 9.47 Å². The highest BCUT2D eigenvalue weighted by atomic mass is 16.6. The van der Waals surface area contributed by atoms with Crippen molar-refractivity contribution in [1.29, 1.82) is 0 Å². The molecule has 0 fully saturated rings. The van der Waals surface area contributed by atoms with Crippen LogP contribution in [0.1, 0.15) is 10.4 Å². The molecule has 0 radical (unpaired) electrons. The number of nitrogens with zero attached hydrogens (tertiary/aromatic N) is 1. The molecule has 0 aliphatic carbocycles. The Balaban J connectivity index is 1.64. The Morgan fingerprint density at radius 2 is 1.76 bits per heavy atom. The molecule has 0 aromatic heterocycles. The third-order valence-corrected chi connectivity index (χ3v) is 3.69. The Morgan fingerprint density at radius 1 is 0.960 bits per heavy atom. The van der Waals surface area contributed by atoms with E-state index in [2.05, 4.69) is 0 Å². The summed E-state index contributed by atoms with van der Waals surface area (Å²) < 4.78 is 11.1. The molecular weight excluding hydrogens is 322 g/mol. The number of non-ortho nitro benzene ring substituents is 1. The summed E-state index contributed by atoms with van der Waals surface area (Å²) in [5, 5.41) is 12.5. The fraction of sp³-hybridized carbons (Fsp3) is 0.105. The van der Waals surface area contributed by atoms with Crippen molar-refractivity contribution in [2.24, 2.45) is 0 Å². The summed E-state index contributed by atoms with van der Waals surface area (Å²) in [7, 11) is 0. The number of carbonyl (C=O) groups excluding carboxylic acids is 1. The summed E-state index contributed by atoms with van der Waals surface area (Å²) in [5.74, 6) is 0.878. The van der Waals surface area contributed by atoms with Crippen molar-refractivity contribution in [1.82, 2.24) is 0 Å². The van der Waals surface area contributed by atoms with E-state index in [4.69, 9.17) is 9.47 Å². The minimum absolute atomic E-state index is 0.0313. The number of fused-ring (bicyclic) bond motifs is 1. The Bertz CT molecular complexity index is 923. The van der Waals surface area contributed by atoms with E-state index in [-0.39, 0.29) is 18.9 Å². The lowest BCUT2D eigenvalue weighted by atomic mass is 10.0. The van der Waals surface area contributed by atoms with Crippen molar-refractivity contribution < 1.29 is 19.2 Å². The molecule has 6 heteroatoms. The van der Waals surface area contributed by atoms with Gasteiger partial charge in [-0.25, -0.2) is 0 Å². The van der Waals surface area contributed by atoms with E-state index in [1.54, 1.807) is 18.2 Å². The van der Waals surface area contributed by atoms with Crippen LogP contribution in [0.25, 0.3) is 10.8 Å². The van der Waals surface area contributed by atoms with Crippen molar-refractivity contribution in [3.8, 4) is 11.5 Å². The number of nitro benzene ring substituents is 1. The van der Waals surface area contributed by atoms with Crippen molar-refractivity contribution in [3.63, 3.8) is 0 Å². The van der Waals surface area contributed by atoms with E-state index in [9.17, 15) is 14.9 Å². The topological polar surface area (TPSA) is 78.7 Å². The van der Waals surface area contributed by atoms with Crippen LogP contribution in [0.4, 0.5) is 5.69 Å². The molecule has 0 saturated heterocycles. The molecule has 0 saturated carbocycles. The van der Waals surface area contributed by atoms with Crippen LogP contribution in [0, 0.1) is 10.1 Å². The summed E-state index contributed by atoms with van der Waals surface area (Å²) in [6.07, 6.45) is 0.777. The van der Waals surface area contributed by atoms with Crippen LogP contribution in [-0.4, -0.2) is 24.4 Å². The predicted molar refractivity (Wildman–Crippen MR) is 93.4 cm³/mol. The number of carbonyl (C=O) groups is 1. The number of nitro groups is 1. The van der Waals surface area contributed by atoms with Gasteiger partial charge in [0.25, 0.3) is 5.69 Å². The smallest absolute Gasteiger partial charge is 0.273 e. The monoisotopic (exact) mass is 337 g/mol. The van der Waals surface area contributed by atoms with Crippen molar-refractivity contribution in [2.45, 2.75) is 0 Å². The number of ether oxygens (including phenoxy) is 2. The highest BCUT2D eigenvalue weighted by Crippen LogP contribution is 2.26. The van der Waals surface area contributed by atoms with Crippen LogP contribution in [0.15, 0.2) is 60.7 Å². The lowest BCUT2D eigenvalue weighted by Gasteiger charge is -2.11.